The summed E-state index contributed by atoms with van der Waals surface area (Å²) in [6.45, 7) is 6.68. The first kappa shape index (κ1) is 72.9. The summed E-state index contributed by atoms with van der Waals surface area (Å²) in [7, 11) is 0. The highest BCUT2D eigenvalue weighted by atomic mass is 16.6. The van der Waals surface area contributed by atoms with Crippen molar-refractivity contribution in [2.45, 2.75) is 386 Å². The second kappa shape index (κ2) is 64.4. The Hall–Kier alpha value is -2.11. The molecule has 0 saturated carbocycles. The van der Waals surface area contributed by atoms with Gasteiger partial charge in [-0.2, -0.15) is 0 Å². The maximum atomic E-state index is 12.9. The Morgan fingerprint density at radius 3 is 0.760 bits per heavy atom. The number of carbonyl (C=O) groups excluding carboxylic acids is 3. The third-order valence-electron chi connectivity index (χ3n) is 15.5. The Kier molecular flexibility index (Phi) is 62.6. The highest BCUT2D eigenvalue weighted by Gasteiger charge is 2.19. The van der Waals surface area contributed by atoms with Crippen LogP contribution < -0.4 is 0 Å². The summed E-state index contributed by atoms with van der Waals surface area (Å²) in [4.78, 5) is 38.4. The molecule has 0 radical (unpaired) electrons. The minimum absolute atomic E-state index is 0.0694. The zero-order chi connectivity index (χ0) is 54.3. The fraction of sp³-hybridized carbons (Fsp3) is 0.899. The van der Waals surface area contributed by atoms with Crippen molar-refractivity contribution in [3.05, 3.63) is 24.3 Å². The van der Waals surface area contributed by atoms with Crippen LogP contribution in [0.1, 0.15) is 380 Å². The molecule has 0 heterocycles. The lowest BCUT2D eigenvalue weighted by molar-refractivity contribution is -0.167. The third kappa shape index (κ3) is 62.6. The first-order valence-electron chi connectivity index (χ1n) is 33.8. The summed E-state index contributed by atoms with van der Waals surface area (Å²) < 4.78 is 17.0. The van der Waals surface area contributed by atoms with Crippen LogP contribution in [0.25, 0.3) is 0 Å². The lowest BCUT2D eigenvalue weighted by atomic mass is 10.0. The number of hydrogen-bond donors (Lipinski definition) is 0. The van der Waals surface area contributed by atoms with E-state index in [0.29, 0.717) is 19.3 Å². The average Bonchev–Trinajstić information content (AvgIpc) is 3.41. The van der Waals surface area contributed by atoms with Crippen LogP contribution in [0.4, 0.5) is 0 Å². The van der Waals surface area contributed by atoms with Crippen molar-refractivity contribution in [1.82, 2.24) is 0 Å². The van der Waals surface area contributed by atoms with E-state index < -0.39 is 6.10 Å². The van der Waals surface area contributed by atoms with Gasteiger partial charge in [-0.05, 0) is 51.4 Å². The van der Waals surface area contributed by atoms with Crippen molar-refractivity contribution in [3.8, 4) is 0 Å². The summed E-state index contributed by atoms with van der Waals surface area (Å²) >= 11 is 0. The van der Waals surface area contributed by atoms with Gasteiger partial charge in [0.1, 0.15) is 13.2 Å². The quantitative estimate of drug-likeness (QED) is 0.0261. The summed E-state index contributed by atoms with van der Waals surface area (Å²) in [5.41, 5.74) is 0. The zero-order valence-corrected chi connectivity index (χ0v) is 50.8. The molecule has 0 amide bonds. The summed E-state index contributed by atoms with van der Waals surface area (Å²) in [5.74, 6) is -0.853. The van der Waals surface area contributed by atoms with Gasteiger partial charge in [-0.3, -0.25) is 14.4 Å². The van der Waals surface area contributed by atoms with Crippen LogP contribution in [0, 0.1) is 0 Å². The minimum Gasteiger partial charge on any atom is -0.462 e. The van der Waals surface area contributed by atoms with Gasteiger partial charge in [0.15, 0.2) is 6.10 Å². The molecule has 0 aromatic carbocycles. The molecule has 0 aliphatic carbocycles. The molecule has 75 heavy (non-hydrogen) atoms. The molecule has 0 aromatic heterocycles. The average molecular weight is 1060 g/mol. The van der Waals surface area contributed by atoms with E-state index in [-0.39, 0.29) is 31.1 Å². The number of hydrogen-bond acceptors (Lipinski definition) is 6. The molecule has 1 atom stereocenters. The van der Waals surface area contributed by atoms with Gasteiger partial charge >= 0.3 is 17.9 Å². The van der Waals surface area contributed by atoms with Crippen LogP contribution in [0.2, 0.25) is 0 Å². The molecule has 6 nitrogen and oxygen atoms in total. The number of unbranched alkanes of at least 4 members (excludes halogenated alkanes) is 48. The van der Waals surface area contributed by atoms with E-state index in [2.05, 4.69) is 45.1 Å². The molecule has 0 N–H and O–H groups in total. The van der Waals surface area contributed by atoms with Crippen molar-refractivity contribution >= 4 is 17.9 Å². The van der Waals surface area contributed by atoms with Gasteiger partial charge in [0.2, 0.25) is 0 Å². The Bertz CT molecular complexity index is 1210. The Morgan fingerprint density at radius 2 is 0.480 bits per heavy atom. The molecule has 6 heteroatoms. The Morgan fingerprint density at radius 1 is 0.267 bits per heavy atom. The van der Waals surface area contributed by atoms with Crippen molar-refractivity contribution in [2.24, 2.45) is 0 Å². The second-order valence-corrected chi connectivity index (χ2v) is 23.1. The van der Waals surface area contributed by atoms with Crippen molar-refractivity contribution in [3.63, 3.8) is 0 Å². The molecule has 0 saturated heterocycles. The molecule has 442 valence electrons. The highest BCUT2D eigenvalue weighted by molar-refractivity contribution is 5.71. The SMILES string of the molecule is CCCCC/C=C\C/C=C\CCCCCCCC(=O)OCC(COC(=O)CCCCCCCCCCCCCCCCCCCCCCCCCC)OC(=O)CCCCCCCCCCCCCCCCCCCC. The van der Waals surface area contributed by atoms with Gasteiger partial charge in [0.25, 0.3) is 0 Å². The molecule has 0 spiro atoms. The van der Waals surface area contributed by atoms with Gasteiger partial charge < -0.3 is 14.2 Å². The van der Waals surface area contributed by atoms with Gasteiger partial charge in [-0.1, -0.05) is 334 Å². The molecule has 0 aromatic rings. The van der Waals surface area contributed by atoms with E-state index >= 15 is 0 Å². The van der Waals surface area contributed by atoms with E-state index in [1.807, 2.05) is 0 Å². The number of esters is 3. The number of rotatable bonds is 63. The van der Waals surface area contributed by atoms with Crippen LogP contribution in [-0.4, -0.2) is 37.2 Å². The first-order chi connectivity index (χ1) is 37.0. The number of carbonyl (C=O) groups is 3. The normalized spacial score (nSPS) is 12.1. The van der Waals surface area contributed by atoms with Crippen LogP contribution in [0.5, 0.6) is 0 Å². The Balaban J connectivity index is 4.26. The molecular formula is C69H130O6. The molecule has 0 bridgehead atoms. The summed E-state index contributed by atoms with van der Waals surface area (Å²) in [6, 6.07) is 0. The van der Waals surface area contributed by atoms with Crippen LogP contribution in [-0.2, 0) is 28.6 Å². The summed E-state index contributed by atoms with van der Waals surface area (Å²) in [6.07, 6.45) is 77.7. The highest BCUT2D eigenvalue weighted by Crippen LogP contribution is 2.19. The monoisotopic (exact) mass is 1050 g/mol. The van der Waals surface area contributed by atoms with Gasteiger partial charge in [0.05, 0.1) is 0 Å². The minimum atomic E-state index is -0.773. The third-order valence-corrected chi connectivity index (χ3v) is 15.5. The van der Waals surface area contributed by atoms with Crippen LogP contribution in [0.3, 0.4) is 0 Å². The molecule has 0 fully saturated rings. The predicted octanol–water partition coefficient (Wildman–Crippen LogP) is 23.0. The standard InChI is InChI=1S/C69H130O6/c1-4-7-10-13-16-19-22-25-28-30-32-33-34-35-36-37-39-41-44-47-50-53-56-59-62-68(71)74-65-66(64-73-67(70)61-58-55-52-49-46-43-40-27-24-21-18-15-12-9-6-3)75-69(72)63-60-57-54-51-48-45-42-38-31-29-26-23-20-17-14-11-8-5-2/h18,21,27,40,66H,4-17,19-20,22-26,28-39,41-65H2,1-3H3/b21-18-,40-27-. The van der Waals surface area contributed by atoms with E-state index in [4.69, 9.17) is 14.2 Å². The van der Waals surface area contributed by atoms with Crippen molar-refractivity contribution in [1.29, 1.82) is 0 Å². The van der Waals surface area contributed by atoms with Gasteiger partial charge in [0, 0.05) is 19.3 Å². The Labute approximate surface area is 468 Å². The molecular weight excluding hydrogens is 925 g/mol. The number of allylic oxidation sites excluding steroid dienone is 4. The number of ether oxygens (including phenoxy) is 3. The fourth-order valence-electron chi connectivity index (χ4n) is 10.4. The predicted molar refractivity (Wildman–Crippen MR) is 326 cm³/mol. The smallest absolute Gasteiger partial charge is 0.306 e. The van der Waals surface area contributed by atoms with Gasteiger partial charge in [-0.25, -0.2) is 0 Å². The second-order valence-electron chi connectivity index (χ2n) is 23.1. The molecule has 0 aliphatic heterocycles. The van der Waals surface area contributed by atoms with Crippen molar-refractivity contribution < 1.29 is 28.6 Å². The lowest BCUT2D eigenvalue weighted by Crippen LogP contribution is -2.30. The van der Waals surface area contributed by atoms with Crippen LogP contribution >= 0.6 is 0 Å². The van der Waals surface area contributed by atoms with Gasteiger partial charge in [-0.15, -0.1) is 0 Å². The van der Waals surface area contributed by atoms with E-state index in [9.17, 15) is 14.4 Å². The zero-order valence-electron chi connectivity index (χ0n) is 50.8. The maximum Gasteiger partial charge on any atom is 0.306 e. The summed E-state index contributed by atoms with van der Waals surface area (Å²) in [5, 5.41) is 0. The van der Waals surface area contributed by atoms with Crippen molar-refractivity contribution in [2.75, 3.05) is 13.2 Å². The maximum absolute atomic E-state index is 12.9. The fourth-order valence-corrected chi connectivity index (χ4v) is 10.4. The molecule has 1 unspecified atom stereocenters. The largest absolute Gasteiger partial charge is 0.462 e. The lowest BCUT2D eigenvalue weighted by Gasteiger charge is -2.18. The van der Waals surface area contributed by atoms with Crippen LogP contribution in [0.15, 0.2) is 24.3 Å². The topological polar surface area (TPSA) is 78.9 Å². The van der Waals surface area contributed by atoms with E-state index in [1.54, 1.807) is 0 Å². The molecule has 0 aliphatic rings. The molecule has 0 rings (SSSR count). The van der Waals surface area contributed by atoms with E-state index in [0.717, 1.165) is 77.0 Å². The first-order valence-corrected chi connectivity index (χ1v) is 33.8. The van der Waals surface area contributed by atoms with E-state index in [1.165, 1.54) is 263 Å².